The Kier molecular flexibility index (Phi) is 9.16. The summed E-state index contributed by atoms with van der Waals surface area (Å²) in [5, 5.41) is 19.7. The van der Waals surface area contributed by atoms with E-state index in [9.17, 15) is 34.2 Å². The molecule has 0 saturated heterocycles. The van der Waals surface area contributed by atoms with Gasteiger partial charge < -0.3 is 14.9 Å². The molecule has 2 aromatic carbocycles. The lowest BCUT2D eigenvalue weighted by Gasteiger charge is -2.26. The predicted molar refractivity (Wildman–Crippen MR) is 134 cm³/mol. The zero-order chi connectivity index (χ0) is 27.0. The monoisotopic (exact) mass is 509 g/mol. The first-order valence-corrected chi connectivity index (χ1v) is 12.4. The van der Waals surface area contributed by atoms with Crippen molar-refractivity contribution in [1.29, 1.82) is 0 Å². The van der Waals surface area contributed by atoms with Crippen molar-refractivity contribution in [3.8, 4) is 5.75 Å². The smallest absolute Gasteiger partial charge is 0.321 e. The number of Topliss-reactive ketones (excluding diaryl/α,β-unsaturated/α-hetero) is 1. The molecule has 1 aliphatic rings. The van der Waals surface area contributed by atoms with Crippen LogP contribution >= 0.6 is 0 Å². The van der Waals surface area contributed by atoms with Crippen LogP contribution in [0.2, 0.25) is 0 Å². The number of carbonyl (C=O) groups is 5. The lowest BCUT2D eigenvalue weighted by molar-refractivity contribution is -0.165. The molecule has 0 saturated carbocycles. The van der Waals surface area contributed by atoms with Gasteiger partial charge in [-0.15, -0.1) is 0 Å². The van der Waals surface area contributed by atoms with Crippen LogP contribution in [-0.4, -0.2) is 57.8 Å². The molecule has 0 aliphatic carbocycles. The van der Waals surface area contributed by atoms with Crippen molar-refractivity contribution in [2.24, 2.45) is 5.41 Å². The van der Waals surface area contributed by atoms with Gasteiger partial charge in [0.1, 0.15) is 5.75 Å². The van der Waals surface area contributed by atoms with Gasteiger partial charge in [-0.1, -0.05) is 44.7 Å². The third-order valence-corrected chi connectivity index (χ3v) is 6.61. The average Bonchev–Trinajstić information content (AvgIpc) is 3.13. The maximum absolute atomic E-state index is 12.9. The van der Waals surface area contributed by atoms with Crippen LogP contribution < -0.4 is 4.74 Å². The van der Waals surface area contributed by atoms with E-state index in [-0.39, 0.29) is 16.7 Å². The number of nitrogens with zero attached hydrogens (tertiary/aromatic N) is 1. The van der Waals surface area contributed by atoms with Gasteiger partial charge in [0.2, 0.25) is 0 Å². The molecule has 3 rings (SSSR count). The van der Waals surface area contributed by atoms with E-state index in [1.54, 1.807) is 24.3 Å². The van der Waals surface area contributed by atoms with Crippen LogP contribution in [0.3, 0.4) is 0 Å². The molecule has 2 amide bonds. The largest absolute Gasteiger partial charge is 0.494 e. The molecular formula is C28H31NO8. The molecule has 0 aromatic heterocycles. The number of carbonyl (C=O) groups excluding carboxylic acids is 3. The van der Waals surface area contributed by atoms with E-state index in [1.807, 2.05) is 0 Å². The Morgan fingerprint density at radius 1 is 0.838 bits per heavy atom. The molecule has 0 atom stereocenters. The summed E-state index contributed by atoms with van der Waals surface area (Å²) in [7, 11) is 0. The van der Waals surface area contributed by atoms with E-state index >= 15 is 0 Å². The summed E-state index contributed by atoms with van der Waals surface area (Å²) in [5.74, 6) is -4.81. The van der Waals surface area contributed by atoms with Gasteiger partial charge in [-0.3, -0.25) is 28.9 Å². The topological polar surface area (TPSA) is 138 Å². The van der Waals surface area contributed by atoms with Crippen LogP contribution in [0.25, 0.3) is 0 Å². The number of unbranched alkanes of at least 4 members (excludes halogenated alkanes) is 4. The number of hydrogen-bond donors (Lipinski definition) is 2. The molecule has 2 aromatic rings. The number of amides is 2. The summed E-state index contributed by atoms with van der Waals surface area (Å²) in [6.45, 7) is 2.23. The normalized spacial score (nSPS) is 12.9. The Bertz CT molecular complexity index is 1120. The van der Waals surface area contributed by atoms with Crippen molar-refractivity contribution in [2.45, 2.75) is 51.9 Å². The number of ether oxygens (including phenoxy) is 1. The SMILES string of the molecule is CCCCCCCOc1ccc(C(=O)CC(CCN2C(=O)c3ccccc3C2=O)(C(=O)O)C(=O)O)cc1. The number of aliphatic carboxylic acids is 2. The predicted octanol–water partition coefficient (Wildman–Crippen LogP) is 4.45. The Balaban J connectivity index is 1.66. The maximum atomic E-state index is 12.9. The van der Waals surface area contributed by atoms with Gasteiger partial charge in [0, 0.05) is 18.5 Å². The number of rotatable bonds is 15. The second kappa shape index (κ2) is 12.3. The molecule has 0 radical (unpaired) electrons. The molecule has 1 aliphatic heterocycles. The lowest BCUT2D eigenvalue weighted by Crippen LogP contribution is -2.45. The van der Waals surface area contributed by atoms with Gasteiger partial charge in [0.25, 0.3) is 11.8 Å². The van der Waals surface area contributed by atoms with Crippen molar-refractivity contribution in [1.82, 2.24) is 4.90 Å². The second-order valence-electron chi connectivity index (χ2n) is 9.14. The van der Waals surface area contributed by atoms with Crippen LogP contribution in [-0.2, 0) is 9.59 Å². The molecule has 0 unspecified atom stereocenters. The molecule has 0 bridgehead atoms. The van der Waals surface area contributed by atoms with Gasteiger partial charge in [0.15, 0.2) is 11.2 Å². The number of carboxylic acid groups (broad SMARTS) is 2. The molecule has 196 valence electrons. The third-order valence-electron chi connectivity index (χ3n) is 6.61. The molecule has 0 fully saturated rings. The van der Waals surface area contributed by atoms with Gasteiger partial charge in [-0.2, -0.15) is 0 Å². The first-order chi connectivity index (χ1) is 17.7. The fourth-order valence-electron chi connectivity index (χ4n) is 4.30. The minimum Gasteiger partial charge on any atom is -0.494 e. The molecule has 9 nitrogen and oxygen atoms in total. The summed E-state index contributed by atoms with van der Waals surface area (Å²) in [6.07, 6.45) is 4.01. The molecule has 0 spiro atoms. The summed E-state index contributed by atoms with van der Waals surface area (Å²) in [5.41, 5.74) is -2.03. The van der Waals surface area contributed by atoms with Gasteiger partial charge in [0.05, 0.1) is 17.7 Å². The van der Waals surface area contributed by atoms with Crippen molar-refractivity contribution in [2.75, 3.05) is 13.2 Å². The number of benzene rings is 2. The minimum absolute atomic E-state index is 0.142. The minimum atomic E-state index is -2.51. The van der Waals surface area contributed by atoms with Crippen LogP contribution in [0, 0.1) is 5.41 Å². The summed E-state index contributed by atoms with van der Waals surface area (Å²) in [4.78, 5) is 63.3. The molecular weight excluding hydrogens is 478 g/mol. The van der Waals surface area contributed by atoms with E-state index in [0.29, 0.717) is 12.4 Å². The number of carboxylic acids is 2. The second-order valence-corrected chi connectivity index (χ2v) is 9.14. The van der Waals surface area contributed by atoms with Crippen molar-refractivity contribution in [3.05, 3.63) is 65.2 Å². The van der Waals surface area contributed by atoms with Crippen molar-refractivity contribution < 1.29 is 38.9 Å². The van der Waals surface area contributed by atoms with Crippen LogP contribution in [0.4, 0.5) is 0 Å². The van der Waals surface area contributed by atoms with Crippen LogP contribution in [0.1, 0.15) is 82.9 Å². The summed E-state index contributed by atoms with van der Waals surface area (Å²) >= 11 is 0. The first kappa shape index (κ1) is 27.6. The Labute approximate surface area is 215 Å². The lowest BCUT2D eigenvalue weighted by atomic mass is 9.78. The van der Waals surface area contributed by atoms with Crippen molar-refractivity contribution >= 4 is 29.5 Å². The van der Waals surface area contributed by atoms with Gasteiger partial charge >= 0.3 is 11.9 Å². The van der Waals surface area contributed by atoms with Gasteiger partial charge in [-0.05, 0) is 49.2 Å². The Morgan fingerprint density at radius 3 is 1.95 bits per heavy atom. The first-order valence-electron chi connectivity index (χ1n) is 12.4. The zero-order valence-electron chi connectivity index (χ0n) is 20.8. The van der Waals surface area contributed by atoms with Gasteiger partial charge in [-0.25, -0.2) is 0 Å². The standard InChI is InChI=1S/C28H31NO8/c1-2-3-4-5-8-17-37-20-13-11-19(12-14-20)23(30)18-28(26(33)34,27(35)36)15-16-29-24(31)21-9-6-7-10-22(21)25(29)32/h6-7,9-14H,2-5,8,15-18H2,1H3,(H,33,34)(H,35,36). The number of imide groups is 1. The van der Waals surface area contributed by atoms with Crippen LogP contribution in [0.15, 0.2) is 48.5 Å². The average molecular weight is 510 g/mol. The quantitative estimate of drug-likeness (QED) is 0.155. The zero-order valence-corrected chi connectivity index (χ0v) is 20.8. The number of fused-ring (bicyclic) bond motifs is 1. The van der Waals surface area contributed by atoms with E-state index in [0.717, 1.165) is 30.6 Å². The molecule has 37 heavy (non-hydrogen) atoms. The molecule has 2 N–H and O–H groups in total. The highest BCUT2D eigenvalue weighted by Gasteiger charge is 2.49. The van der Waals surface area contributed by atoms with Crippen LogP contribution in [0.5, 0.6) is 5.75 Å². The van der Waals surface area contributed by atoms with E-state index < -0.39 is 54.3 Å². The van der Waals surface area contributed by atoms with Crippen molar-refractivity contribution in [3.63, 3.8) is 0 Å². The number of hydrogen-bond acceptors (Lipinski definition) is 6. The third kappa shape index (κ3) is 6.22. The fourth-order valence-corrected chi connectivity index (χ4v) is 4.30. The molecule has 1 heterocycles. The summed E-state index contributed by atoms with van der Waals surface area (Å²) < 4.78 is 5.67. The highest BCUT2D eigenvalue weighted by molar-refractivity contribution is 6.21. The number of ketones is 1. The Morgan fingerprint density at radius 2 is 1.41 bits per heavy atom. The van der Waals surface area contributed by atoms with E-state index in [1.165, 1.54) is 30.7 Å². The highest BCUT2D eigenvalue weighted by atomic mass is 16.5. The highest BCUT2D eigenvalue weighted by Crippen LogP contribution is 2.32. The maximum Gasteiger partial charge on any atom is 0.321 e. The fraction of sp³-hybridized carbons (Fsp3) is 0.393. The van der Waals surface area contributed by atoms with E-state index in [2.05, 4.69) is 6.92 Å². The molecule has 9 heteroatoms. The Hall–Kier alpha value is -4.01. The van der Waals surface area contributed by atoms with E-state index in [4.69, 9.17) is 4.74 Å². The summed E-state index contributed by atoms with van der Waals surface area (Å²) in [6, 6.07) is 12.2.